The molecule has 0 saturated heterocycles. The second-order valence-corrected chi connectivity index (χ2v) is 4.13. The molecule has 90 valence electrons. The minimum Gasteiger partial charge on any atom is -0.462 e. The maximum Gasteiger partial charge on any atom is 0.323 e. The van der Waals surface area contributed by atoms with Gasteiger partial charge in [-0.15, -0.1) is 0 Å². The standard InChI is InChI=1S/C12H25NO2/c1-6-10(7-2)13-11(8-3)12(14)15-9(4)5/h9-11,13H,6-8H2,1-5H3. The summed E-state index contributed by atoms with van der Waals surface area (Å²) in [5, 5.41) is 3.33. The molecular formula is C12H25NO2. The summed E-state index contributed by atoms with van der Waals surface area (Å²) < 4.78 is 5.19. The lowest BCUT2D eigenvalue weighted by Gasteiger charge is -2.22. The molecule has 0 aliphatic heterocycles. The number of nitrogens with one attached hydrogen (secondary N) is 1. The topological polar surface area (TPSA) is 38.3 Å². The van der Waals surface area contributed by atoms with Crippen LogP contribution in [-0.4, -0.2) is 24.2 Å². The second kappa shape index (κ2) is 7.69. The van der Waals surface area contributed by atoms with Gasteiger partial charge in [0.1, 0.15) is 6.04 Å². The van der Waals surface area contributed by atoms with Crippen LogP contribution in [0.2, 0.25) is 0 Å². The first-order valence-electron chi connectivity index (χ1n) is 6.01. The lowest BCUT2D eigenvalue weighted by Crippen LogP contribution is -2.44. The molecule has 15 heavy (non-hydrogen) atoms. The van der Waals surface area contributed by atoms with E-state index in [1.54, 1.807) is 0 Å². The summed E-state index contributed by atoms with van der Waals surface area (Å²) in [4.78, 5) is 11.7. The van der Waals surface area contributed by atoms with Crippen LogP contribution in [0.25, 0.3) is 0 Å². The van der Waals surface area contributed by atoms with Crippen LogP contribution in [-0.2, 0) is 9.53 Å². The molecule has 0 radical (unpaired) electrons. The van der Waals surface area contributed by atoms with Crippen LogP contribution in [0.1, 0.15) is 53.9 Å². The van der Waals surface area contributed by atoms with Crippen molar-refractivity contribution in [3.8, 4) is 0 Å². The van der Waals surface area contributed by atoms with Gasteiger partial charge >= 0.3 is 5.97 Å². The Morgan fingerprint density at radius 3 is 2.00 bits per heavy atom. The van der Waals surface area contributed by atoms with Crippen LogP contribution in [0.5, 0.6) is 0 Å². The van der Waals surface area contributed by atoms with E-state index in [1.165, 1.54) is 0 Å². The molecule has 3 nitrogen and oxygen atoms in total. The van der Waals surface area contributed by atoms with Crippen LogP contribution < -0.4 is 5.32 Å². The van der Waals surface area contributed by atoms with Gasteiger partial charge in [0.05, 0.1) is 6.10 Å². The van der Waals surface area contributed by atoms with Gasteiger partial charge in [-0.05, 0) is 33.1 Å². The van der Waals surface area contributed by atoms with E-state index in [-0.39, 0.29) is 18.1 Å². The molecule has 3 heteroatoms. The molecule has 0 aliphatic rings. The molecule has 1 atom stereocenters. The maximum absolute atomic E-state index is 11.7. The molecule has 0 heterocycles. The van der Waals surface area contributed by atoms with Crippen molar-refractivity contribution in [1.82, 2.24) is 5.32 Å². The molecule has 0 aromatic heterocycles. The highest BCUT2D eigenvalue weighted by molar-refractivity contribution is 5.75. The third-order valence-corrected chi connectivity index (χ3v) is 2.47. The second-order valence-electron chi connectivity index (χ2n) is 4.13. The van der Waals surface area contributed by atoms with Crippen LogP contribution in [0.3, 0.4) is 0 Å². The van der Waals surface area contributed by atoms with Crippen molar-refractivity contribution >= 4 is 5.97 Å². The first-order chi connectivity index (χ1) is 7.04. The first-order valence-corrected chi connectivity index (χ1v) is 6.01. The van der Waals surface area contributed by atoms with Crippen LogP contribution >= 0.6 is 0 Å². The molecule has 0 amide bonds. The zero-order valence-electron chi connectivity index (χ0n) is 10.7. The molecule has 0 aromatic carbocycles. The van der Waals surface area contributed by atoms with E-state index >= 15 is 0 Å². The minimum absolute atomic E-state index is 0.0324. The van der Waals surface area contributed by atoms with Crippen molar-refractivity contribution in [1.29, 1.82) is 0 Å². The van der Waals surface area contributed by atoms with Gasteiger partial charge in [0.2, 0.25) is 0 Å². The van der Waals surface area contributed by atoms with Crippen molar-refractivity contribution in [2.45, 2.75) is 72.1 Å². The van der Waals surface area contributed by atoms with Gasteiger partial charge in [0, 0.05) is 6.04 Å². The molecular weight excluding hydrogens is 190 g/mol. The number of rotatable bonds is 7. The van der Waals surface area contributed by atoms with Crippen LogP contribution in [0.15, 0.2) is 0 Å². The fourth-order valence-corrected chi connectivity index (χ4v) is 1.48. The molecule has 1 unspecified atom stereocenters. The molecule has 0 aromatic rings. The Morgan fingerprint density at radius 1 is 1.13 bits per heavy atom. The minimum atomic E-state index is -0.155. The van der Waals surface area contributed by atoms with Gasteiger partial charge in [-0.25, -0.2) is 0 Å². The van der Waals surface area contributed by atoms with Gasteiger partial charge < -0.3 is 10.1 Å². The van der Waals surface area contributed by atoms with Crippen molar-refractivity contribution < 1.29 is 9.53 Å². The van der Waals surface area contributed by atoms with E-state index in [4.69, 9.17) is 4.74 Å². The monoisotopic (exact) mass is 215 g/mol. The SMILES string of the molecule is CCC(CC)NC(CC)C(=O)OC(C)C. The average Bonchev–Trinajstić information content (AvgIpc) is 2.18. The van der Waals surface area contributed by atoms with E-state index < -0.39 is 0 Å². The number of hydrogen-bond acceptors (Lipinski definition) is 3. The van der Waals surface area contributed by atoms with Crippen molar-refractivity contribution in [2.24, 2.45) is 0 Å². The van der Waals surface area contributed by atoms with E-state index in [9.17, 15) is 4.79 Å². The lowest BCUT2D eigenvalue weighted by molar-refractivity contribution is -0.150. The largest absolute Gasteiger partial charge is 0.462 e. The fraction of sp³-hybridized carbons (Fsp3) is 0.917. The number of esters is 1. The van der Waals surface area contributed by atoms with Gasteiger partial charge in [0.25, 0.3) is 0 Å². The summed E-state index contributed by atoms with van der Waals surface area (Å²) in [6.07, 6.45) is 2.83. The Balaban J connectivity index is 4.16. The summed E-state index contributed by atoms with van der Waals surface area (Å²) in [7, 11) is 0. The van der Waals surface area contributed by atoms with Gasteiger partial charge in [-0.2, -0.15) is 0 Å². The Morgan fingerprint density at radius 2 is 1.67 bits per heavy atom. The predicted octanol–water partition coefficient (Wildman–Crippen LogP) is 2.49. The summed E-state index contributed by atoms with van der Waals surface area (Å²) in [6, 6.07) is 0.256. The number of hydrogen-bond donors (Lipinski definition) is 1. The third kappa shape index (κ3) is 5.78. The molecule has 0 aliphatic carbocycles. The van der Waals surface area contributed by atoms with Gasteiger partial charge in [-0.1, -0.05) is 20.8 Å². The average molecular weight is 215 g/mol. The zero-order valence-corrected chi connectivity index (χ0v) is 10.7. The quantitative estimate of drug-likeness (QED) is 0.663. The molecule has 0 spiro atoms. The highest BCUT2D eigenvalue weighted by atomic mass is 16.5. The fourth-order valence-electron chi connectivity index (χ4n) is 1.48. The van der Waals surface area contributed by atoms with Crippen molar-refractivity contribution in [3.63, 3.8) is 0 Å². The van der Waals surface area contributed by atoms with Crippen molar-refractivity contribution in [2.75, 3.05) is 0 Å². The highest BCUT2D eigenvalue weighted by Gasteiger charge is 2.20. The Hall–Kier alpha value is -0.570. The molecule has 0 rings (SSSR count). The van der Waals surface area contributed by atoms with Crippen molar-refractivity contribution in [3.05, 3.63) is 0 Å². The van der Waals surface area contributed by atoms with Gasteiger partial charge in [-0.3, -0.25) is 4.79 Å². The Kier molecular flexibility index (Phi) is 7.39. The molecule has 0 bridgehead atoms. The maximum atomic E-state index is 11.7. The van der Waals surface area contributed by atoms with Crippen LogP contribution in [0, 0.1) is 0 Å². The lowest BCUT2D eigenvalue weighted by atomic mass is 10.1. The molecule has 1 N–H and O–H groups in total. The van der Waals surface area contributed by atoms with E-state index in [0.29, 0.717) is 6.04 Å². The summed E-state index contributed by atoms with van der Waals surface area (Å²) in [5.41, 5.74) is 0. The normalized spacial score (nSPS) is 13.3. The summed E-state index contributed by atoms with van der Waals surface area (Å²) >= 11 is 0. The number of carbonyl (C=O) groups excluding carboxylic acids is 1. The number of ether oxygens (including phenoxy) is 1. The predicted molar refractivity (Wildman–Crippen MR) is 62.8 cm³/mol. The van der Waals surface area contributed by atoms with E-state index in [2.05, 4.69) is 19.2 Å². The summed E-state index contributed by atoms with van der Waals surface area (Å²) in [6.45, 7) is 10.0. The third-order valence-electron chi connectivity index (χ3n) is 2.47. The van der Waals surface area contributed by atoms with Crippen LogP contribution in [0.4, 0.5) is 0 Å². The molecule has 0 fully saturated rings. The Labute approximate surface area is 93.6 Å². The summed E-state index contributed by atoms with van der Waals surface area (Å²) in [5.74, 6) is -0.126. The first kappa shape index (κ1) is 14.4. The molecule has 0 saturated carbocycles. The smallest absolute Gasteiger partial charge is 0.323 e. The van der Waals surface area contributed by atoms with E-state index in [0.717, 1.165) is 19.3 Å². The highest BCUT2D eigenvalue weighted by Crippen LogP contribution is 2.04. The zero-order chi connectivity index (χ0) is 11.8. The number of carbonyl (C=O) groups is 1. The van der Waals surface area contributed by atoms with E-state index in [1.807, 2.05) is 20.8 Å². The van der Waals surface area contributed by atoms with Gasteiger partial charge in [0.15, 0.2) is 0 Å². The Bertz CT molecular complexity index is 176.